The van der Waals surface area contributed by atoms with Crippen LogP contribution in [-0.4, -0.2) is 0 Å². The highest BCUT2D eigenvalue weighted by Gasteiger charge is 1.91. The molecule has 0 amide bonds. The van der Waals surface area contributed by atoms with Crippen LogP contribution in [-0.2, 0) is 0 Å². The third kappa shape index (κ3) is 4.04. The van der Waals surface area contributed by atoms with Gasteiger partial charge in [-0.3, -0.25) is 0 Å². The first-order valence-corrected chi connectivity index (χ1v) is 14.0. The Bertz CT molecular complexity index is 526. The Hall–Kier alpha value is 0.980. The van der Waals surface area contributed by atoms with E-state index >= 15 is 0 Å². The van der Waals surface area contributed by atoms with Crippen LogP contribution in [0.3, 0.4) is 0 Å². The van der Waals surface area contributed by atoms with E-state index in [0.29, 0.717) is 0 Å². The Morgan fingerprint density at radius 1 is 0.733 bits per heavy atom. The minimum atomic E-state index is 1.34. The van der Waals surface area contributed by atoms with Gasteiger partial charge in [0.05, 0.1) is 9.40 Å². The minimum absolute atomic E-state index is 1.34. The molecule has 82 valence electrons. The molecule has 0 aliphatic heterocycles. The monoisotopic (exact) mass is 346 g/mol. The molecule has 1 heterocycles. The van der Waals surface area contributed by atoms with Crippen LogP contribution in [0.2, 0.25) is 0 Å². The number of aryl methyl sites for hydroxylation is 1. The minimum Gasteiger partial charge on any atom is -0.0676 e. The Labute approximate surface area is 115 Å². The predicted molar refractivity (Wildman–Crippen MR) is 84.6 cm³/mol. The fourth-order valence-corrected chi connectivity index (χ4v) is 18.1. The van der Waals surface area contributed by atoms with E-state index in [2.05, 4.69) is 25.1 Å². The SMILES string of the molecule is Cc1ccc2ssssssssc2c1. The van der Waals surface area contributed by atoms with E-state index in [1.54, 1.807) is 0 Å². The molecule has 0 saturated heterocycles. The van der Waals surface area contributed by atoms with Gasteiger partial charge < -0.3 is 0 Å². The molecule has 0 nitrogen and oxygen atoms in total. The van der Waals surface area contributed by atoms with Crippen LogP contribution in [0.1, 0.15) is 5.56 Å². The number of fused-ring (bicyclic) bond motifs is 1. The lowest BCUT2D eigenvalue weighted by atomic mass is 10.2. The maximum absolute atomic E-state index is 2.27. The van der Waals surface area contributed by atoms with E-state index < -0.39 is 0 Å². The number of hydrogen-bond acceptors (Lipinski definition) is 8. The summed E-state index contributed by atoms with van der Waals surface area (Å²) in [5.74, 6) is 0. The zero-order valence-electron chi connectivity index (χ0n) is 7.50. The molecule has 1 aromatic carbocycles. The summed E-state index contributed by atoms with van der Waals surface area (Å²) in [6.07, 6.45) is 0. The van der Waals surface area contributed by atoms with Crippen molar-refractivity contribution in [2.45, 2.75) is 6.92 Å². The molecule has 0 atom stereocenters. The molecular formula is C7H6S8. The van der Waals surface area contributed by atoms with E-state index in [4.69, 9.17) is 0 Å². The van der Waals surface area contributed by atoms with Crippen molar-refractivity contribution in [1.29, 1.82) is 0 Å². The third-order valence-electron chi connectivity index (χ3n) is 1.49. The van der Waals surface area contributed by atoms with Crippen LogP contribution >= 0.6 is 76.7 Å². The van der Waals surface area contributed by atoms with Crippen LogP contribution in [0.4, 0.5) is 0 Å². The summed E-state index contributed by atoms with van der Waals surface area (Å²) >= 11 is 0. The highest BCUT2D eigenvalue weighted by molar-refractivity contribution is 8.24. The largest absolute Gasteiger partial charge is 0.0676 e. The molecule has 0 aliphatic rings. The predicted octanol–water partition coefficient (Wildman–Crippen LogP) is 7.01. The third-order valence-corrected chi connectivity index (χ3v) is 16.6. The van der Waals surface area contributed by atoms with E-state index in [9.17, 15) is 0 Å². The van der Waals surface area contributed by atoms with Crippen molar-refractivity contribution in [3.05, 3.63) is 23.8 Å². The van der Waals surface area contributed by atoms with Gasteiger partial charge in [-0.25, -0.2) is 0 Å². The molecule has 0 unspecified atom stereocenters. The average Bonchev–Trinajstić information content (AvgIpc) is 2.25. The van der Waals surface area contributed by atoms with Crippen molar-refractivity contribution < 1.29 is 0 Å². The quantitative estimate of drug-likeness (QED) is 0.450. The maximum Gasteiger partial charge on any atom is 0.0568 e. The summed E-state index contributed by atoms with van der Waals surface area (Å²) in [5.41, 5.74) is 1.34. The van der Waals surface area contributed by atoms with Gasteiger partial charge in [0.1, 0.15) is 0 Å². The van der Waals surface area contributed by atoms with E-state index in [0.717, 1.165) is 0 Å². The Morgan fingerprint density at radius 3 is 2.07 bits per heavy atom. The molecule has 2 aromatic rings. The van der Waals surface area contributed by atoms with Crippen molar-refractivity contribution in [2.24, 2.45) is 0 Å². The van der Waals surface area contributed by atoms with Gasteiger partial charge in [0.2, 0.25) is 0 Å². The van der Waals surface area contributed by atoms with Crippen LogP contribution < -0.4 is 0 Å². The topological polar surface area (TPSA) is 0 Å². The van der Waals surface area contributed by atoms with Gasteiger partial charge in [-0.15, -0.1) is 0 Å². The molecule has 0 radical (unpaired) electrons. The Morgan fingerprint density at radius 2 is 1.33 bits per heavy atom. The fraction of sp³-hybridized carbons (Fsp3) is 0.143. The Balaban J connectivity index is 2.77. The van der Waals surface area contributed by atoms with Gasteiger partial charge in [0, 0.05) is 0 Å². The molecule has 1 aromatic heterocycles. The van der Waals surface area contributed by atoms with Crippen LogP contribution in [0.15, 0.2) is 18.2 Å². The standard InChI is InChI=1S/C7H6S8/c1-5-2-3-6-7(4-5)9-11-13-15-14-12-10-8-6/h2-4H,1H3. The number of rotatable bonds is 0. The molecule has 0 saturated carbocycles. The molecule has 2 rings (SSSR count). The number of benzene rings is 1. The van der Waals surface area contributed by atoms with E-state index in [1.165, 1.54) is 15.0 Å². The molecule has 15 heavy (non-hydrogen) atoms. The smallest absolute Gasteiger partial charge is 0.0568 e. The second-order valence-corrected chi connectivity index (χ2v) is 15.4. The number of hydrogen-bond donors (Lipinski definition) is 0. The van der Waals surface area contributed by atoms with Crippen molar-refractivity contribution >= 4 is 86.1 Å². The molecule has 0 bridgehead atoms. The molecule has 0 N–H and O–H groups in total. The lowest BCUT2D eigenvalue weighted by Gasteiger charge is -1.92. The lowest BCUT2D eigenvalue weighted by Crippen LogP contribution is -1.67. The zero-order chi connectivity index (χ0) is 10.5. The molecule has 0 fully saturated rings. The van der Waals surface area contributed by atoms with Gasteiger partial charge in [-0.1, -0.05) is 26.7 Å². The summed E-state index contributed by atoms with van der Waals surface area (Å²) in [4.78, 5) is 0. The molecule has 0 spiro atoms. The van der Waals surface area contributed by atoms with E-state index in [1.807, 2.05) is 76.7 Å². The molecule has 8 heteroatoms. The maximum atomic E-state index is 2.27. The van der Waals surface area contributed by atoms with Crippen LogP contribution in [0.25, 0.3) is 9.40 Å². The van der Waals surface area contributed by atoms with Gasteiger partial charge >= 0.3 is 0 Å². The normalized spacial score (nSPS) is 9.67. The summed E-state index contributed by atoms with van der Waals surface area (Å²) in [6.45, 7) is 2.15. The van der Waals surface area contributed by atoms with Crippen molar-refractivity contribution in [3.63, 3.8) is 0 Å². The van der Waals surface area contributed by atoms with Crippen molar-refractivity contribution in [1.82, 2.24) is 0 Å². The van der Waals surface area contributed by atoms with Gasteiger partial charge in [0.25, 0.3) is 0 Å². The second kappa shape index (κ2) is 6.65. The first-order valence-electron chi connectivity index (χ1n) is 3.81. The lowest BCUT2D eigenvalue weighted by molar-refractivity contribution is 1.52. The summed E-state index contributed by atoms with van der Waals surface area (Å²) in [7, 11) is 14.7. The van der Waals surface area contributed by atoms with Gasteiger partial charge in [0.15, 0.2) is 0 Å². The van der Waals surface area contributed by atoms with Gasteiger partial charge in [-0.05, 0) is 80.7 Å². The summed E-state index contributed by atoms with van der Waals surface area (Å²) < 4.78 is 2.77. The average molecular weight is 347 g/mol. The Kier molecular flexibility index (Phi) is 5.52. The first-order chi connectivity index (χ1) is 7.36. The zero-order valence-corrected chi connectivity index (χ0v) is 14.0. The highest BCUT2D eigenvalue weighted by Crippen LogP contribution is 2.29. The first kappa shape index (κ1) is 12.4. The van der Waals surface area contributed by atoms with Crippen LogP contribution in [0, 0.1) is 6.92 Å². The summed E-state index contributed by atoms with van der Waals surface area (Å²) in [6, 6.07) is 6.68. The fourth-order valence-electron chi connectivity index (χ4n) is 0.896. The molecule has 0 aliphatic carbocycles. The second-order valence-electron chi connectivity index (χ2n) is 2.53. The van der Waals surface area contributed by atoms with Crippen molar-refractivity contribution in [2.75, 3.05) is 0 Å². The van der Waals surface area contributed by atoms with E-state index in [-0.39, 0.29) is 0 Å². The van der Waals surface area contributed by atoms with Crippen LogP contribution in [0.5, 0.6) is 0 Å². The van der Waals surface area contributed by atoms with Crippen molar-refractivity contribution in [3.8, 4) is 0 Å². The summed E-state index contributed by atoms with van der Waals surface area (Å²) in [5, 5.41) is 0. The molecular weight excluding hydrogens is 341 g/mol. The highest BCUT2D eigenvalue weighted by atomic mass is 33.6. The van der Waals surface area contributed by atoms with Gasteiger partial charge in [-0.2, -0.15) is 0 Å².